The molecule has 0 saturated carbocycles. The highest BCUT2D eigenvalue weighted by Crippen LogP contribution is 2.27. The summed E-state index contributed by atoms with van der Waals surface area (Å²) in [7, 11) is -2.65. The van der Waals surface area contributed by atoms with Gasteiger partial charge in [-0.25, -0.2) is 12.8 Å². The van der Waals surface area contributed by atoms with Crippen LogP contribution >= 0.6 is 0 Å². The lowest BCUT2D eigenvalue weighted by Crippen LogP contribution is -2.38. The number of hydrogen-bond donors (Lipinski definition) is 1. The van der Waals surface area contributed by atoms with E-state index in [2.05, 4.69) is 5.32 Å². The predicted octanol–water partition coefficient (Wildman–Crippen LogP) is 4.82. The Morgan fingerprint density at radius 2 is 1.58 bits per heavy atom. The molecule has 4 aromatic carbocycles. The third-order valence-corrected chi connectivity index (χ3v) is 6.90. The van der Waals surface area contributed by atoms with Crippen LogP contribution in [0.4, 0.5) is 15.8 Å². The Hall–Kier alpha value is -3.91. The molecular weight excluding hydrogens is 443 g/mol. The van der Waals surface area contributed by atoms with Crippen molar-refractivity contribution < 1.29 is 22.3 Å². The Kier molecular flexibility index (Phi) is 6.28. The molecule has 0 fully saturated rings. The molecule has 0 aliphatic carbocycles. The Morgan fingerprint density at radius 3 is 2.27 bits per heavy atom. The summed E-state index contributed by atoms with van der Waals surface area (Å²) < 4.78 is 46.4. The van der Waals surface area contributed by atoms with Gasteiger partial charge < -0.3 is 10.1 Å². The van der Waals surface area contributed by atoms with E-state index >= 15 is 0 Å². The van der Waals surface area contributed by atoms with Crippen molar-refractivity contribution in [1.82, 2.24) is 0 Å². The minimum Gasteiger partial charge on any atom is -0.497 e. The maximum absolute atomic E-state index is 13.5. The van der Waals surface area contributed by atoms with Crippen LogP contribution in [0.15, 0.2) is 95.9 Å². The molecule has 1 N–H and O–H groups in total. The zero-order chi connectivity index (χ0) is 23.4. The van der Waals surface area contributed by atoms with Crippen LogP contribution in [0.5, 0.6) is 5.75 Å². The minimum absolute atomic E-state index is 0.0226. The van der Waals surface area contributed by atoms with Crippen LogP contribution in [0.25, 0.3) is 10.8 Å². The van der Waals surface area contributed by atoms with E-state index in [1.165, 1.54) is 43.5 Å². The average Bonchev–Trinajstić information content (AvgIpc) is 2.83. The zero-order valence-electron chi connectivity index (χ0n) is 17.7. The number of amides is 1. The van der Waals surface area contributed by atoms with Gasteiger partial charge in [0.2, 0.25) is 5.91 Å². The monoisotopic (exact) mass is 464 g/mol. The Balaban J connectivity index is 1.67. The van der Waals surface area contributed by atoms with Gasteiger partial charge in [-0.2, -0.15) is 0 Å². The van der Waals surface area contributed by atoms with E-state index in [4.69, 9.17) is 4.74 Å². The first kappa shape index (κ1) is 22.3. The number of hydrogen-bond acceptors (Lipinski definition) is 4. The van der Waals surface area contributed by atoms with Crippen molar-refractivity contribution in [3.63, 3.8) is 0 Å². The van der Waals surface area contributed by atoms with E-state index in [9.17, 15) is 17.6 Å². The fourth-order valence-corrected chi connectivity index (χ4v) is 4.87. The summed E-state index contributed by atoms with van der Waals surface area (Å²) in [6, 6.07) is 23.8. The van der Waals surface area contributed by atoms with Crippen LogP contribution in [0.3, 0.4) is 0 Å². The van der Waals surface area contributed by atoms with E-state index in [1.807, 2.05) is 36.4 Å². The number of fused-ring (bicyclic) bond motifs is 1. The summed E-state index contributed by atoms with van der Waals surface area (Å²) in [5.74, 6) is -0.551. The number of carbonyl (C=O) groups is 1. The molecule has 33 heavy (non-hydrogen) atoms. The standard InChI is InChI=1S/C25H21FN2O4S/c1-32-21-13-15-22(16-14-21)33(30,31)28(20-11-9-19(26)10-12-20)17-25(29)27-24-8-4-6-18-5-2-3-7-23(18)24/h2-16H,17H2,1H3,(H,27,29). The van der Waals surface area contributed by atoms with E-state index < -0.39 is 28.3 Å². The van der Waals surface area contributed by atoms with Crippen molar-refractivity contribution in [2.75, 3.05) is 23.3 Å². The molecule has 0 aliphatic heterocycles. The molecule has 0 aliphatic rings. The fourth-order valence-electron chi connectivity index (χ4n) is 3.45. The molecule has 4 aromatic rings. The molecule has 1 amide bonds. The summed E-state index contributed by atoms with van der Waals surface area (Å²) >= 11 is 0. The Labute approximate surface area is 191 Å². The number of nitrogens with one attached hydrogen (secondary N) is 1. The minimum atomic E-state index is -4.13. The van der Waals surface area contributed by atoms with Gasteiger partial charge >= 0.3 is 0 Å². The highest BCUT2D eigenvalue weighted by molar-refractivity contribution is 7.92. The van der Waals surface area contributed by atoms with Gasteiger partial charge in [-0.05, 0) is 60.0 Å². The van der Waals surface area contributed by atoms with Crippen molar-refractivity contribution in [2.45, 2.75) is 4.90 Å². The van der Waals surface area contributed by atoms with Crippen molar-refractivity contribution in [3.8, 4) is 5.75 Å². The SMILES string of the molecule is COc1ccc(S(=O)(=O)N(CC(=O)Nc2cccc3ccccc23)c2ccc(F)cc2)cc1. The van der Waals surface area contributed by atoms with Crippen molar-refractivity contribution in [1.29, 1.82) is 0 Å². The van der Waals surface area contributed by atoms with Crippen molar-refractivity contribution in [2.24, 2.45) is 0 Å². The normalized spacial score (nSPS) is 11.2. The highest BCUT2D eigenvalue weighted by atomic mass is 32.2. The first-order chi connectivity index (χ1) is 15.9. The van der Waals surface area contributed by atoms with Gasteiger partial charge in [0.05, 0.1) is 17.7 Å². The molecule has 0 saturated heterocycles. The number of anilines is 2. The lowest BCUT2D eigenvalue weighted by atomic mass is 10.1. The summed E-state index contributed by atoms with van der Waals surface area (Å²) in [4.78, 5) is 13.0. The molecule has 6 nitrogen and oxygen atoms in total. The molecule has 4 rings (SSSR count). The lowest BCUT2D eigenvalue weighted by Gasteiger charge is -2.24. The molecule has 0 radical (unpaired) electrons. The number of carbonyl (C=O) groups excluding carboxylic acids is 1. The number of ether oxygens (including phenoxy) is 1. The number of nitrogens with zero attached hydrogens (tertiary/aromatic N) is 1. The molecule has 168 valence electrons. The van der Waals surface area contributed by atoms with Gasteiger partial charge in [-0.15, -0.1) is 0 Å². The highest BCUT2D eigenvalue weighted by Gasteiger charge is 2.27. The molecule has 0 unspecified atom stereocenters. The third-order valence-electron chi connectivity index (χ3n) is 5.11. The van der Waals surface area contributed by atoms with Gasteiger partial charge in [0.15, 0.2) is 0 Å². The second-order valence-electron chi connectivity index (χ2n) is 7.24. The smallest absolute Gasteiger partial charge is 0.264 e. The third kappa shape index (κ3) is 4.80. The first-order valence-corrected chi connectivity index (χ1v) is 11.5. The van der Waals surface area contributed by atoms with Crippen LogP contribution in [0.2, 0.25) is 0 Å². The largest absolute Gasteiger partial charge is 0.497 e. The van der Waals surface area contributed by atoms with Gasteiger partial charge in [-0.3, -0.25) is 9.10 Å². The quantitative estimate of drug-likeness (QED) is 0.425. The molecule has 0 spiro atoms. The molecule has 0 heterocycles. The number of halogens is 1. The van der Waals surface area contributed by atoms with Crippen LogP contribution < -0.4 is 14.4 Å². The first-order valence-electron chi connectivity index (χ1n) is 10.1. The molecule has 0 atom stereocenters. The lowest BCUT2D eigenvalue weighted by molar-refractivity contribution is -0.114. The Bertz CT molecular complexity index is 1380. The molecule has 0 bridgehead atoms. The van der Waals surface area contributed by atoms with Gasteiger partial charge in [0.25, 0.3) is 10.0 Å². The Morgan fingerprint density at radius 1 is 0.909 bits per heavy atom. The van der Waals surface area contributed by atoms with Crippen LogP contribution in [-0.2, 0) is 14.8 Å². The van der Waals surface area contributed by atoms with E-state index in [0.717, 1.165) is 27.2 Å². The average molecular weight is 465 g/mol. The second-order valence-corrected chi connectivity index (χ2v) is 9.10. The van der Waals surface area contributed by atoms with Gasteiger partial charge in [0.1, 0.15) is 18.1 Å². The predicted molar refractivity (Wildman–Crippen MR) is 127 cm³/mol. The molecular formula is C25H21FN2O4S. The topological polar surface area (TPSA) is 75.7 Å². The summed E-state index contributed by atoms with van der Waals surface area (Å²) in [6.45, 7) is -0.497. The second kappa shape index (κ2) is 9.30. The van der Waals surface area contributed by atoms with E-state index in [0.29, 0.717) is 11.4 Å². The van der Waals surface area contributed by atoms with Gasteiger partial charge in [-0.1, -0.05) is 36.4 Å². The van der Waals surface area contributed by atoms with E-state index in [-0.39, 0.29) is 10.6 Å². The molecule has 0 aromatic heterocycles. The zero-order valence-corrected chi connectivity index (χ0v) is 18.6. The van der Waals surface area contributed by atoms with Crippen LogP contribution in [-0.4, -0.2) is 28.0 Å². The maximum atomic E-state index is 13.5. The van der Waals surface area contributed by atoms with Crippen molar-refractivity contribution >= 4 is 38.1 Å². The number of benzene rings is 4. The van der Waals surface area contributed by atoms with E-state index in [1.54, 1.807) is 6.07 Å². The van der Waals surface area contributed by atoms with Crippen molar-refractivity contribution in [3.05, 3.63) is 96.8 Å². The maximum Gasteiger partial charge on any atom is 0.264 e. The number of sulfonamides is 1. The summed E-state index contributed by atoms with van der Waals surface area (Å²) in [5, 5.41) is 4.57. The van der Waals surface area contributed by atoms with Gasteiger partial charge in [0, 0.05) is 11.1 Å². The molecule has 8 heteroatoms. The van der Waals surface area contributed by atoms with Crippen LogP contribution in [0.1, 0.15) is 0 Å². The number of rotatable bonds is 7. The fraction of sp³-hybridized carbons (Fsp3) is 0.0800. The summed E-state index contributed by atoms with van der Waals surface area (Å²) in [6.07, 6.45) is 0. The van der Waals surface area contributed by atoms with Crippen LogP contribution in [0, 0.1) is 5.82 Å². The number of methoxy groups -OCH3 is 1. The summed E-state index contributed by atoms with van der Waals surface area (Å²) in [5.41, 5.74) is 0.735.